The van der Waals surface area contributed by atoms with Gasteiger partial charge in [0.15, 0.2) is 0 Å². The Morgan fingerprint density at radius 1 is 1.32 bits per heavy atom. The Hall–Kier alpha value is -0.530. The standard InChI is InChI=1S/C12H16BrF2NO2S/c1-3-5-9(4-2)16-19(17,18)12-10(13)6-8(14)7-11(12)15/h6-7,9,16H,3-5H2,1-2H3. The lowest BCUT2D eigenvalue weighted by Gasteiger charge is -2.17. The normalized spacial score (nSPS) is 13.5. The van der Waals surface area contributed by atoms with Gasteiger partial charge < -0.3 is 0 Å². The smallest absolute Gasteiger partial charge is 0.208 e. The van der Waals surface area contributed by atoms with Gasteiger partial charge in [0.25, 0.3) is 0 Å². The summed E-state index contributed by atoms with van der Waals surface area (Å²) in [4.78, 5) is -0.552. The van der Waals surface area contributed by atoms with Crippen LogP contribution in [-0.4, -0.2) is 14.5 Å². The third-order valence-electron chi connectivity index (χ3n) is 2.68. The summed E-state index contributed by atoms with van der Waals surface area (Å²) in [7, 11) is -4.01. The van der Waals surface area contributed by atoms with Crippen LogP contribution in [0.2, 0.25) is 0 Å². The van der Waals surface area contributed by atoms with Gasteiger partial charge in [0.1, 0.15) is 16.5 Å². The van der Waals surface area contributed by atoms with E-state index in [2.05, 4.69) is 20.7 Å². The second kappa shape index (κ2) is 6.76. The van der Waals surface area contributed by atoms with Crippen LogP contribution in [0.15, 0.2) is 21.5 Å². The van der Waals surface area contributed by atoms with Gasteiger partial charge in [-0.05, 0) is 34.8 Å². The highest BCUT2D eigenvalue weighted by molar-refractivity contribution is 9.10. The van der Waals surface area contributed by atoms with Crippen LogP contribution in [0.3, 0.4) is 0 Å². The number of halogens is 3. The molecule has 0 aromatic heterocycles. The molecule has 0 saturated heterocycles. The molecule has 0 aliphatic rings. The molecule has 0 fully saturated rings. The first-order valence-corrected chi connectivity index (χ1v) is 8.26. The summed E-state index contributed by atoms with van der Waals surface area (Å²) in [5, 5.41) is 0. The number of hydrogen-bond acceptors (Lipinski definition) is 2. The zero-order valence-electron chi connectivity index (χ0n) is 10.7. The Bertz CT molecular complexity index is 526. The lowest BCUT2D eigenvalue weighted by Crippen LogP contribution is -2.35. The van der Waals surface area contributed by atoms with Gasteiger partial charge in [0.2, 0.25) is 10.0 Å². The van der Waals surface area contributed by atoms with Gasteiger partial charge >= 0.3 is 0 Å². The number of nitrogens with one attached hydrogen (secondary N) is 1. The van der Waals surface area contributed by atoms with Crippen molar-refractivity contribution in [3.05, 3.63) is 28.2 Å². The fourth-order valence-corrected chi connectivity index (χ4v) is 4.28. The quantitative estimate of drug-likeness (QED) is 0.847. The second-order valence-electron chi connectivity index (χ2n) is 4.21. The average Bonchev–Trinajstić information content (AvgIpc) is 2.25. The van der Waals surface area contributed by atoms with E-state index in [-0.39, 0.29) is 10.5 Å². The molecule has 0 bridgehead atoms. The third kappa shape index (κ3) is 4.22. The topological polar surface area (TPSA) is 46.2 Å². The van der Waals surface area contributed by atoms with Crippen LogP contribution in [0.1, 0.15) is 33.1 Å². The molecule has 0 aliphatic carbocycles. The summed E-state index contributed by atoms with van der Waals surface area (Å²) in [5.74, 6) is -1.94. The average molecular weight is 356 g/mol. The van der Waals surface area contributed by atoms with Crippen LogP contribution < -0.4 is 4.72 Å². The Morgan fingerprint density at radius 2 is 1.95 bits per heavy atom. The van der Waals surface area contributed by atoms with E-state index in [4.69, 9.17) is 0 Å². The van der Waals surface area contributed by atoms with E-state index in [1.165, 1.54) is 0 Å². The molecule has 0 amide bonds. The predicted molar refractivity (Wildman–Crippen MR) is 73.4 cm³/mol. The molecule has 1 aromatic rings. The summed E-state index contributed by atoms with van der Waals surface area (Å²) in [5.41, 5.74) is 0. The van der Waals surface area contributed by atoms with E-state index in [1.807, 2.05) is 13.8 Å². The third-order valence-corrected chi connectivity index (χ3v) is 5.17. The number of rotatable bonds is 6. The number of sulfonamides is 1. The highest BCUT2D eigenvalue weighted by atomic mass is 79.9. The molecular formula is C12H16BrF2NO2S. The zero-order valence-corrected chi connectivity index (χ0v) is 13.1. The molecule has 0 saturated carbocycles. The molecule has 19 heavy (non-hydrogen) atoms. The molecule has 108 valence electrons. The van der Waals surface area contributed by atoms with Crippen molar-refractivity contribution in [2.45, 2.75) is 44.0 Å². The van der Waals surface area contributed by atoms with Gasteiger partial charge in [0, 0.05) is 16.6 Å². The Morgan fingerprint density at radius 3 is 2.42 bits per heavy atom. The monoisotopic (exact) mass is 355 g/mol. The maximum absolute atomic E-state index is 13.7. The Balaban J connectivity index is 3.14. The molecule has 1 rings (SSSR count). The summed E-state index contributed by atoms with van der Waals surface area (Å²) in [6.07, 6.45) is 2.08. The van der Waals surface area contributed by atoms with Gasteiger partial charge in [0.05, 0.1) is 0 Å². The molecule has 3 nitrogen and oxygen atoms in total. The van der Waals surface area contributed by atoms with Crippen LogP contribution in [0.4, 0.5) is 8.78 Å². The fourth-order valence-electron chi connectivity index (χ4n) is 1.76. The molecular weight excluding hydrogens is 340 g/mol. The van der Waals surface area contributed by atoms with Crippen LogP contribution in [0, 0.1) is 11.6 Å². The van der Waals surface area contributed by atoms with Gasteiger partial charge in [-0.3, -0.25) is 0 Å². The van der Waals surface area contributed by atoms with Crippen LogP contribution in [0.5, 0.6) is 0 Å². The first-order chi connectivity index (χ1) is 8.81. The van der Waals surface area contributed by atoms with Crippen molar-refractivity contribution in [1.29, 1.82) is 0 Å². The SMILES string of the molecule is CCCC(CC)NS(=O)(=O)c1c(F)cc(F)cc1Br. The minimum atomic E-state index is -4.01. The molecule has 0 aliphatic heterocycles. The summed E-state index contributed by atoms with van der Waals surface area (Å²) in [6, 6.07) is 1.23. The molecule has 7 heteroatoms. The van der Waals surface area contributed by atoms with Crippen molar-refractivity contribution in [3.8, 4) is 0 Å². The molecule has 0 heterocycles. The van der Waals surface area contributed by atoms with E-state index in [9.17, 15) is 17.2 Å². The van der Waals surface area contributed by atoms with Crippen LogP contribution in [-0.2, 0) is 10.0 Å². The molecule has 1 atom stereocenters. The van der Waals surface area contributed by atoms with Gasteiger partial charge in [-0.15, -0.1) is 0 Å². The molecule has 0 radical (unpaired) electrons. The van der Waals surface area contributed by atoms with Gasteiger partial charge in [-0.2, -0.15) is 0 Å². The number of hydrogen-bond donors (Lipinski definition) is 1. The van der Waals surface area contributed by atoms with E-state index in [0.29, 0.717) is 18.9 Å². The highest BCUT2D eigenvalue weighted by Gasteiger charge is 2.25. The summed E-state index contributed by atoms with van der Waals surface area (Å²) in [6.45, 7) is 3.78. The zero-order chi connectivity index (χ0) is 14.6. The van der Waals surface area contributed by atoms with E-state index in [0.717, 1.165) is 12.5 Å². The van der Waals surface area contributed by atoms with Gasteiger partial charge in [-0.1, -0.05) is 20.3 Å². The van der Waals surface area contributed by atoms with Crippen molar-refractivity contribution < 1.29 is 17.2 Å². The van der Waals surface area contributed by atoms with Crippen molar-refractivity contribution in [1.82, 2.24) is 4.72 Å². The minimum absolute atomic E-state index is 0.121. The van der Waals surface area contributed by atoms with E-state index in [1.54, 1.807) is 0 Å². The van der Waals surface area contributed by atoms with Crippen molar-refractivity contribution in [3.63, 3.8) is 0 Å². The number of benzene rings is 1. The van der Waals surface area contributed by atoms with Crippen LogP contribution >= 0.6 is 15.9 Å². The van der Waals surface area contributed by atoms with E-state index < -0.39 is 26.6 Å². The Kier molecular flexibility index (Phi) is 5.88. The van der Waals surface area contributed by atoms with Crippen LogP contribution in [0.25, 0.3) is 0 Å². The lowest BCUT2D eigenvalue weighted by atomic mass is 10.1. The van der Waals surface area contributed by atoms with Crippen molar-refractivity contribution in [2.75, 3.05) is 0 Å². The van der Waals surface area contributed by atoms with Gasteiger partial charge in [-0.25, -0.2) is 21.9 Å². The highest BCUT2D eigenvalue weighted by Crippen LogP contribution is 2.26. The first-order valence-electron chi connectivity index (χ1n) is 5.98. The fraction of sp³-hybridized carbons (Fsp3) is 0.500. The summed E-state index contributed by atoms with van der Waals surface area (Å²) < 4.78 is 53.2. The first kappa shape index (κ1) is 16.5. The van der Waals surface area contributed by atoms with Crippen molar-refractivity contribution in [2.24, 2.45) is 0 Å². The molecule has 1 aromatic carbocycles. The molecule has 1 unspecified atom stereocenters. The second-order valence-corrected chi connectivity index (χ2v) is 6.72. The minimum Gasteiger partial charge on any atom is -0.208 e. The summed E-state index contributed by atoms with van der Waals surface area (Å²) >= 11 is 2.89. The Labute approximate surface area is 120 Å². The maximum Gasteiger partial charge on any atom is 0.244 e. The maximum atomic E-state index is 13.7. The molecule has 1 N–H and O–H groups in total. The largest absolute Gasteiger partial charge is 0.244 e. The van der Waals surface area contributed by atoms with Crippen molar-refractivity contribution >= 4 is 26.0 Å². The van der Waals surface area contributed by atoms with E-state index >= 15 is 0 Å². The molecule has 0 spiro atoms. The lowest BCUT2D eigenvalue weighted by molar-refractivity contribution is 0.502. The predicted octanol–water partition coefficient (Wildman–Crippen LogP) is 3.58.